The summed E-state index contributed by atoms with van der Waals surface area (Å²) in [6, 6.07) is 1.04. The van der Waals surface area contributed by atoms with Gasteiger partial charge in [-0.1, -0.05) is 0 Å². The van der Waals surface area contributed by atoms with Gasteiger partial charge in [-0.15, -0.1) is 11.3 Å². The minimum atomic E-state index is -3.62. The van der Waals surface area contributed by atoms with E-state index in [1.165, 1.54) is 11.4 Å². The van der Waals surface area contributed by atoms with Crippen molar-refractivity contribution in [2.24, 2.45) is 0 Å². The van der Waals surface area contributed by atoms with Gasteiger partial charge in [-0.05, 0) is 18.9 Å². The Morgan fingerprint density at radius 2 is 2.22 bits per heavy atom. The van der Waals surface area contributed by atoms with E-state index in [2.05, 4.69) is 4.72 Å². The van der Waals surface area contributed by atoms with Crippen molar-refractivity contribution in [1.29, 1.82) is 0 Å². The molecule has 18 heavy (non-hydrogen) atoms. The third-order valence-electron chi connectivity index (χ3n) is 2.85. The molecule has 0 saturated heterocycles. The summed E-state index contributed by atoms with van der Waals surface area (Å²) in [6.45, 7) is 0. The lowest BCUT2D eigenvalue weighted by Gasteiger charge is -2.34. The van der Waals surface area contributed by atoms with Crippen LogP contribution in [0.2, 0.25) is 0 Å². The topological polar surface area (TPSA) is 92.7 Å². The Hall–Kier alpha value is -0.960. The van der Waals surface area contributed by atoms with Crippen LogP contribution in [0, 0.1) is 0 Å². The zero-order valence-corrected chi connectivity index (χ0v) is 11.3. The van der Waals surface area contributed by atoms with Crippen LogP contribution in [-0.2, 0) is 14.8 Å². The van der Waals surface area contributed by atoms with Gasteiger partial charge in [0.1, 0.15) is 4.88 Å². The number of nitrogens with one attached hydrogen (secondary N) is 1. The lowest BCUT2D eigenvalue weighted by atomic mass is 9.90. The maximum Gasteiger partial charge on any atom is 0.345 e. The van der Waals surface area contributed by atoms with Crippen molar-refractivity contribution in [3.05, 3.63) is 16.3 Å². The number of carboxylic acids is 1. The Labute approximate surface area is 109 Å². The SMILES string of the molecule is COC1CC(NS(=O)(=O)c2csc(C(=O)O)c2)C1. The molecule has 0 amide bonds. The number of carboxylic acid groups (broad SMARTS) is 1. The van der Waals surface area contributed by atoms with Gasteiger partial charge < -0.3 is 9.84 Å². The van der Waals surface area contributed by atoms with Crippen LogP contribution in [-0.4, -0.2) is 38.7 Å². The largest absolute Gasteiger partial charge is 0.477 e. The Morgan fingerprint density at radius 3 is 2.72 bits per heavy atom. The predicted octanol–water partition coefficient (Wildman–Crippen LogP) is 0.902. The zero-order valence-electron chi connectivity index (χ0n) is 9.62. The van der Waals surface area contributed by atoms with Crippen molar-refractivity contribution in [2.75, 3.05) is 7.11 Å². The summed E-state index contributed by atoms with van der Waals surface area (Å²) in [6.07, 6.45) is 1.40. The smallest absolute Gasteiger partial charge is 0.345 e. The summed E-state index contributed by atoms with van der Waals surface area (Å²) in [5.41, 5.74) is 0. The third-order valence-corrected chi connectivity index (χ3v) is 5.41. The fourth-order valence-electron chi connectivity index (χ4n) is 1.71. The Bertz CT molecular complexity index is 544. The van der Waals surface area contributed by atoms with Gasteiger partial charge in [0.15, 0.2) is 0 Å². The van der Waals surface area contributed by atoms with Crippen molar-refractivity contribution in [1.82, 2.24) is 4.72 Å². The first-order valence-electron chi connectivity index (χ1n) is 5.29. The van der Waals surface area contributed by atoms with E-state index in [4.69, 9.17) is 9.84 Å². The van der Waals surface area contributed by atoms with Crippen molar-refractivity contribution >= 4 is 27.3 Å². The van der Waals surface area contributed by atoms with Gasteiger partial charge in [-0.25, -0.2) is 17.9 Å². The van der Waals surface area contributed by atoms with Gasteiger partial charge >= 0.3 is 5.97 Å². The number of ether oxygens (including phenoxy) is 1. The highest BCUT2D eigenvalue weighted by molar-refractivity contribution is 7.89. The fourth-order valence-corrected chi connectivity index (χ4v) is 4.09. The molecule has 2 N–H and O–H groups in total. The van der Waals surface area contributed by atoms with Crippen LogP contribution < -0.4 is 4.72 Å². The van der Waals surface area contributed by atoms with Gasteiger partial charge in [0.2, 0.25) is 10.0 Å². The Kier molecular flexibility index (Phi) is 3.71. The molecule has 0 atom stereocenters. The molecular formula is C10H13NO5S2. The molecule has 0 spiro atoms. The monoisotopic (exact) mass is 291 g/mol. The molecule has 1 fully saturated rings. The molecule has 100 valence electrons. The number of aromatic carboxylic acids is 1. The first kappa shape index (κ1) is 13.5. The first-order chi connectivity index (χ1) is 8.42. The standard InChI is InChI=1S/C10H13NO5S2/c1-16-7-2-6(3-7)11-18(14,15)8-4-9(10(12)13)17-5-8/h4-7,11H,2-3H2,1H3,(H,12,13). The predicted molar refractivity (Wildman–Crippen MR) is 65.4 cm³/mol. The normalized spacial score (nSPS) is 23.6. The average Bonchev–Trinajstić information content (AvgIpc) is 2.72. The molecule has 0 radical (unpaired) electrons. The molecule has 1 saturated carbocycles. The molecule has 2 rings (SSSR count). The molecule has 8 heteroatoms. The maximum atomic E-state index is 11.9. The van der Waals surface area contributed by atoms with Gasteiger partial charge in [-0.3, -0.25) is 0 Å². The summed E-state index contributed by atoms with van der Waals surface area (Å²) < 4.78 is 31.4. The molecule has 1 aromatic heterocycles. The van der Waals surface area contributed by atoms with Crippen LogP contribution in [0.3, 0.4) is 0 Å². The molecule has 0 unspecified atom stereocenters. The number of thiophene rings is 1. The number of methoxy groups -OCH3 is 1. The number of sulfonamides is 1. The highest BCUT2D eigenvalue weighted by Gasteiger charge is 2.33. The molecule has 0 aromatic carbocycles. The second kappa shape index (κ2) is 4.96. The van der Waals surface area contributed by atoms with Crippen LogP contribution in [0.25, 0.3) is 0 Å². The van der Waals surface area contributed by atoms with Crippen LogP contribution in [0.1, 0.15) is 22.5 Å². The third kappa shape index (κ3) is 2.72. The molecule has 1 aliphatic carbocycles. The average molecular weight is 291 g/mol. The molecule has 0 bridgehead atoms. The van der Waals surface area contributed by atoms with E-state index in [0.29, 0.717) is 12.8 Å². The van der Waals surface area contributed by atoms with E-state index in [0.717, 1.165) is 11.3 Å². The van der Waals surface area contributed by atoms with E-state index in [9.17, 15) is 13.2 Å². The fraction of sp³-hybridized carbons (Fsp3) is 0.500. The van der Waals surface area contributed by atoms with E-state index in [-0.39, 0.29) is 21.9 Å². The van der Waals surface area contributed by atoms with E-state index < -0.39 is 16.0 Å². The number of hydrogen-bond donors (Lipinski definition) is 2. The van der Waals surface area contributed by atoms with Crippen LogP contribution in [0.5, 0.6) is 0 Å². The summed E-state index contributed by atoms with van der Waals surface area (Å²) in [4.78, 5) is 10.7. The zero-order chi connectivity index (χ0) is 13.3. The first-order valence-corrected chi connectivity index (χ1v) is 7.65. The number of hydrogen-bond acceptors (Lipinski definition) is 5. The Morgan fingerprint density at radius 1 is 1.56 bits per heavy atom. The highest BCUT2D eigenvalue weighted by atomic mass is 32.2. The van der Waals surface area contributed by atoms with Crippen molar-refractivity contribution in [3.8, 4) is 0 Å². The highest BCUT2D eigenvalue weighted by Crippen LogP contribution is 2.26. The van der Waals surface area contributed by atoms with Gasteiger partial charge in [0.05, 0.1) is 11.0 Å². The van der Waals surface area contributed by atoms with Gasteiger partial charge in [0, 0.05) is 18.5 Å². The van der Waals surface area contributed by atoms with Gasteiger partial charge in [0.25, 0.3) is 0 Å². The molecule has 6 nitrogen and oxygen atoms in total. The quantitative estimate of drug-likeness (QED) is 0.841. The van der Waals surface area contributed by atoms with E-state index in [1.54, 1.807) is 7.11 Å². The van der Waals surface area contributed by atoms with Crippen molar-refractivity contribution in [2.45, 2.75) is 29.9 Å². The number of carbonyl (C=O) groups is 1. The molecule has 0 aliphatic heterocycles. The summed E-state index contributed by atoms with van der Waals surface area (Å²) >= 11 is 0.899. The summed E-state index contributed by atoms with van der Waals surface area (Å²) in [7, 11) is -2.03. The van der Waals surface area contributed by atoms with E-state index >= 15 is 0 Å². The molecule has 1 aliphatic rings. The number of rotatable bonds is 5. The minimum Gasteiger partial charge on any atom is -0.477 e. The van der Waals surface area contributed by atoms with Crippen LogP contribution >= 0.6 is 11.3 Å². The minimum absolute atomic E-state index is 0.00534. The van der Waals surface area contributed by atoms with Crippen LogP contribution in [0.4, 0.5) is 0 Å². The summed E-state index contributed by atoms with van der Waals surface area (Å²) in [5.74, 6) is -1.12. The molecule has 1 aromatic rings. The molecule has 1 heterocycles. The lowest BCUT2D eigenvalue weighted by molar-refractivity contribution is 0.0236. The van der Waals surface area contributed by atoms with Crippen LogP contribution in [0.15, 0.2) is 16.3 Å². The Balaban J connectivity index is 2.04. The van der Waals surface area contributed by atoms with Crippen molar-refractivity contribution in [3.63, 3.8) is 0 Å². The second-order valence-corrected chi connectivity index (χ2v) is 6.72. The lowest BCUT2D eigenvalue weighted by Crippen LogP contribution is -2.47. The molecular weight excluding hydrogens is 278 g/mol. The van der Waals surface area contributed by atoms with Crippen molar-refractivity contribution < 1.29 is 23.1 Å². The summed E-state index contributed by atoms with van der Waals surface area (Å²) in [5, 5.41) is 10.1. The second-order valence-electron chi connectivity index (χ2n) is 4.10. The van der Waals surface area contributed by atoms with E-state index in [1.807, 2.05) is 0 Å². The maximum absolute atomic E-state index is 11.9. The van der Waals surface area contributed by atoms with Gasteiger partial charge in [-0.2, -0.15) is 0 Å².